The summed E-state index contributed by atoms with van der Waals surface area (Å²) in [7, 11) is 0. The molecule has 18 heavy (non-hydrogen) atoms. The Morgan fingerprint density at radius 2 is 2.00 bits per heavy atom. The molecule has 0 saturated heterocycles. The van der Waals surface area contributed by atoms with E-state index in [1.807, 2.05) is 18.2 Å². The van der Waals surface area contributed by atoms with Crippen molar-refractivity contribution in [2.24, 2.45) is 0 Å². The summed E-state index contributed by atoms with van der Waals surface area (Å²) in [6, 6.07) is 13.7. The fourth-order valence-electron chi connectivity index (χ4n) is 1.63. The number of carbonyl (C=O) groups excluding carboxylic acids is 1. The molecular formula is C15H13ClOS. The molecule has 2 aromatic rings. The predicted molar refractivity (Wildman–Crippen MR) is 77.6 cm³/mol. The van der Waals surface area contributed by atoms with Crippen LogP contribution in [0.2, 0.25) is 5.02 Å². The summed E-state index contributed by atoms with van der Waals surface area (Å²) in [5.74, 6) is 0.882. The van der Waals surface area contributed by atoms with Gasteiger partial charge in [-0.25, -0.2) is 0 Å². The van der Waals surface area contributed by atoms with Gasteiger partial charge in [-0.3, -0.25) is 4.79 Å². The van der Waals surface area contributed by atoms with Crippen LogP contribution in [0.1, 0.15) is 21.5 Å². The van der Waals surface area contributed by atoms with Gasteiger partial charge in [-0.2, -0.15) is 0 Å². The van der Waals surface area contributed by atoms with Gasteiger partial charge >= 0.3 is 0 Å². The first-order valence-electron chi connectivity index (χ1n) is 5.63. The molecule has 0 bridgehead atoms. The predicted octanol–water partition coefficient (Wildman–Crippen LogP) is 4.75. The van der Waals surface area contributed by atoms with E-state index in [2.05, 4.69) is 19.1 Å². The lowest BCUT2D eigenvalue weighted by Gasteiger charge is -2.07. The second-order valence-corrected chi connectivity index (χ2v) is 5.45. The third-order valence-corrected chi connectivity index (χ3v) is 4.28. The van der Waals surface area contributed by atoms with E-state index in [4.69, 9.17) is 11.6 Å². The molecule has 0 radical (unpaired) electrons. The average molecular weight is 277 g/mol. The molecule has 0 aromatic heterocycles. The molecule has 1 nitrogen and oxygen atoms in total. The van der Waals surface area contributed by atoms with Gasteiger partial charge in [-0.1, -0.05) is 41.9 Å². The Balaban J connectivity index is 2.11. The van der Waals surface area contributed by atoms with Crippen molar-refractivity contribution < 1.29 is 4.79 Å². The molecule has 0 saturated carbocycles. The number of carbonyl (C=O) groups is 1. The summed E-state index contributed by atoms with van der Waals surface area (Å²) in [4.78, 5) is 11.6. The van der Waals surface area contributed by atoms with Crippen LogP contribution in [-0.2, 0) is 5.75 Å². The van der Waals surface area contributed by atoms with Crippen molar-refractivity contribution in [3.05, 3.63) is 64.2 Å². The molecule has 0 aliphatic rings. The fraction of sp³-hybridized carbons (Fsp3) is 0.133. The van der Waals surface area contributed by atoms with Crippen LogP contribution >= 0.6 is 23.4 Å². The van der Waals surface area contributed by atoms with Gasteiger partial charge in [0.15, 0.2) is 0 Å². The Kier molecular flexibility index (Phi) is 4.45. The zero-order chi connectivity index (χ0) is 13.0. The van der Waals surface area contributed by atoms with E-state index in [0.29, 0.717) is 10.6 Å². The summed E-state index contributed by atoms with van der Waals surface area (Å²) < 4.78 is 0. The first-order valence-corrected chi connectivity index (χ1v) is 6.99. The molecule has 2 aromatic carbocycles. The van der Waals surface area contributed by atoms with Gasteiger partial charge in [0.2, 0.25) is 0 Å². The van der Waals surface area contributed by atoms with E-state index >= 15 is 0 Å². The second kappa shape index (κ2) is 6.07. The highest BCUT2D eigenvalue weighted by Gasteiger charge is 2.04. The SMILES string of the molecule is Cc1ccccc1CSc1ccc(C=O)cc1Cl. The van der Waals surface area contributed by atoms with Crippen LogP contribution < -0.4 is 0 Å². The lowest BCUT2D eigenvalue weighted by molar-refractivity contribution is 0.112. The van der Waals surface area contributed by atoms with Crippen LogP contribution in [0.15, 0.2) is 47.4 Å². The highest BCUT2D eigenvalue weighted by atomic mass is 35.5. The molecule has 0 atom stereocenters. The van der Waals surface area contributed by atoms with Crippen LogP contribution in [0.25, 0.3) is 0 Å². The van der Waals surface area contributed by atoms with Crippen LogP contribution in [-0.4, -0.2) is 6.29 Å². The number of hydrogen-bond donors (Lipinski definition) is 0. The first-order chi connectivity index (χ1) is 8.70. The molecule has 2 rings (SSSR count). The van der Waals surface area contributed by atoms with Crippen molar-refractivity contribution in [3.8, 4) is 0 Å². The van der Waals surface area contributed by atoms with Crippen molar-refractivity contribution in [1.82, 2.24) is 0 Å². The van der Waals surface area contributed by atoms with Crippen LogP contribution in [0.3, 0.4) is 0 Å². The monoisotopic (exact) mass is 276 g/mol. The number of hydrogen-bond acceptors (Lipinski definition) is 2. The maximum absolute atomic E-state index is 10.6. The molecule has 0 heterocycles. The Morgan fingerprint density at radius 1 is 1.22 bits per heavy atom. The Labute approximate surface area is 116 Å². The lowest BCUT2D eigenvalue weighted by atomic mass is 10.1. The van der Waals surface area contributed by atoms with Gasteiger partial charge in [0, 0.05) is 16.2 Å². The molecular weight excluding hydrogens is 264 g/mol. The van der Waals surface area contributed by atoms with E-state index in [1.165, 1.54) is 11.1 Å². The smallest absolute Gasteiger partial charge is 0.150 e. The minimum atomic E-state index is 0.611. The summed E-state index contributed by atoms with van der Waals surface area (Å²) in [6.45, 7) is 2.10. The molecule has 0 N–H and O–H groups in total. The van der Waals surface area contributed by atoms with E-state index in [-0.39, 0.29) is 0 Å². The Hall–Kier alpha value is -1.25. The van der Waals surface area contributed by atoms with Gasteiger partial charge in [0.25, 0.3) is 0 Å². The number of thioether (sulfide) groups is 1. The van der Waals surface area contributed by atoms with Crippen molar-refractivity contribution in [3.63, 3.8) is 0 Å². The van der Waals surface area contributed by atoms with Gasteiger partial charge < -0.3 is 0 Å². The van der Waals surface area contributed by atoms with Gasteiger partial charge in [-0.15, -0.1) is 11.8 Å². The molecule has 0 aliphatic carbocycles. The van der Waals surface area contributed by atoms with Crippen LogP contribution in [0.5, 0.6) is 0 Å². The fourth-order valence-corrected chi connectivity index (χ4v) is 2.98. The Morgan fingerprint density at radius 3 is 2.67 bits per heavy atom. The number of halogens is 1. The maximum Gasteiger partial charge on any atom is 0.150 e. The summed E-state index contributed by atoms with van der Waals surface area (Å²) in [5.41, 5.74) is 3.20. The van der Waals surface area contributed by atoms with Crippen LogP contribution in [0, 0.1) is 6.92 Å². The number of aryl methyl sites for hydroxylation is 1. The van der Waals surface area contributed by atoms with E-state index < -0.39 is 0 Å². The number of rotatable bonds is 4. The standard InChI is InChI=1S/C15H13ClOS/c1-11-4-2-3-5-13(11)10-18-15-7-6-12(9-17)8-14(15)16/h2-9H,10H2,1H3. The summed E-state index contributed by atoms with van der Waals surface area (Å²) in [6.07, 6.45) is 0.807. The lowest BCUT2D eigenvalue weighted by Crippen LogP contribution is -1.86. The minimum absolute atomic E-state index is 0.611. The van der Waals surface area contributed by atoms with Crippen molar-refractivity contribution in [1.29, 1.82) is 0 Å². The second-order valence-electron chi connectivity index (χ2n) is 4.02. The third kappa shape index (κ3) is 3.15. The molecule has 92 valence electrons. The highest BCUT2D eigenvalue weighted by Crippen LogP contribution is 2.30. The van der Waals surface area contributed by atoms with Crippen molar-refractivity contribution in [2.75, 3.05) is 0 Å². The molecule has 0 unspecified atom stereocenters. The number of aldehydes is 1. The summed E-state index contributed by atoms with van der Waals surface area (Å²) in [5, 5.41) is 0.637. The third-order valence-electron chi connectivity index (χ3n) is 2.74. The van der Waals surface area contributed by atoms with Gasteiger partial charge in [-0.05, 0) is 30.2 Å². The number of benzene rings is 2. The quantitative estimate of drug-likeness (QED) is 0.592. The molecule has 0 amide bonds. The zero-order valence-electron chi connectivity index (χ0n) is 10.0. The summed E-state index contributed by atoms with van der Waals surface area (Å²) >= 11 is 7.82. The molecule has 0 spiro atoms. The zero-order valence-corrected chi connectivity index (χ0v) is 11.6. The normalized spacial score (nSPS) is 10.3. The Bertz CT molecular complexity index is 566. The van der Waals surface area contributed by atoms with Crippen molar-refractivity contribution in [2.45, 2.75) is 17.6 Å². The van der Waals surface area contributed by atoms with E-state index in [0.717, 1.165) is 16.9 Å². The van der Waals surface area contributed by atoms with E-state index in [9.17, 15) is 4.79 Å². The van der Waals surface area contributed by atoms with E-state index in [1.54, 1.807) is 23.9 Å². The van der Waals surface area contributed by atoms with Gasteiger partial charge in [0.1, 0.15) is 6.29 Å². The minimum Gasteiger partial charge on any atom is -0.298 e. The molecule has 0 aliphatic heterocycles. The van der Waals surface area contributed by atoms with Crippen molar-refractivity contribution >= 4 is 29.6 Å². The maximum atomic E-state index is 10.6. The largest absolute Gasteiger partial charge is 0.298 e. The average Bonchev–Trinajstić information content (AvgIpc) is 2.39. The van der Waals surface area contributed by atoms with Crippen LogP contribution in [0.4, 0.5) is 0 Å². The highest BCUT2D eigenvalue weighted by molar-refractivity contribution is 7.98. The topological polar surface area (TPSA) is 17.1 Å². The first kappa shape index (κ1) is 13.2. The molecule has 3 heteroatoms. The molecule has 0 fully saturated rings. The van der Waals surface area contributed by atoms with Gasteiger partial charge in [0.05, 0.1) is 5.02 Å².